The largest absolute Gasteiger partial charge is 0.351 e. The molecule has 2 atom stereocenters. The predicted octanol–water partition coefficient (Wildman–Crippen LogP) is 5.29. The molecule has 234 valence electrons. The highest BCUT2D eigenvalue weighted by Gasteiger charge is 2.37. The highest BCUT2D eigenvalue weighted by Crippen LogP contribution is 2.34. The SMILES string of the molecule is CCn1cc(-c2cc3c(N4CC=C(c5ncc([C@](C)(NS(=O)C(C)(C)C)c6ccc(F)cc6F)cn5)CC4)ncnn3c2)cn1. The lowest BCUT2D eigenvalue weighted by Crippen LogP contribution is -2.47. The molecule has 4 aromatic heterocycles. The number of nitrogens with one attached hydrogen (secondary N) is 1. The molecule has 1 unspecified atom stereocenters. The number of halogens is 2. The van der Waals surface area contributed by atoms with Crippen LogP contribution in [0, 0.1) is 11.6 Å². The van der Waals surface area contributed by atoms with Crippen LogP contribution < -0.4 is 9.62 Å². The van der Waals surface area contributed by atoms with Crippen LogP contribution in [0.3, 0.4) is 0 Å². The molecule has 0 aliphatic carbocycles. The van der Waals surface area contributed by atoms with Gasteiger partial charge in [0.2, 0.25) is 0 Å². The number of hydrogen-bond acceptors (Lipinski definition) is 7. The molecule has 0 amide bonds. The van der Waals surface area contributed by atoms with E-state index in [4.69, 9.17) is 0 Å². The maximum Gasteiger partial charge on any atom is 0.156 e. The Balaban J connectivity index is 1.25. The first kappa shape index (κ1) is 30.7. The van der Waals surface area contributed by atoms with E-state index in [-0.39, 0.29) is 5.56 Å². The molecule has 0 radical (unpaired) electrons. The summed E-state index contributed by atoms with van der Waals surface area (Å²) < 4.78 is 48.2. The summed E-state index contributed by atoms with van der Waals surface area (Å²) >= 11 is 0. The zero-order valence-electron chi connectivity index (χ0n) is 25.8. The molecule has 0 spiro atoms. The van der Waals surface area contributed by atoms with E-state index in [9.17, 15) is 8.60 Å². The van der Waals surface area contributed by atoms with Crippen LogP contribution in [-0.2, 0) is 23.1 Å². The number of benzene rings is 1. The van der Waals surface area contributed by atoms with Crippen molar-refractivity contribution in [1.82, 2.24) is 39.1 Å². The summed E-state index contributed by atoms with van der Waals surface area (Å²) in [5.74, 6) is -0.0479. The van der Waals surface area contributed by atoms with Crippen LogP contribution in [0.1, 0.15) is 58.0 Å². The van der Waals surface area contributed by atoms with Gasteiger partial charge in [0.15, 0.2) is 11.6 Å². The zero-order valence-corrected chi connectivity index (χ0v) is 26.6. The summed E-state index contributed by atoms with van der Waals surface area (Å²) in [4.78, 5) is 16.1. The van der Waals surface area contributed by atoms with Gasteiger partial charge in [0.05, 0.1) is 27.5 Å². The molecule has 1 N–H and O–H groups in total. The van der Waals surface area contributed by atoms with Crippen LogP contribution in [0.2, 0.25) is 0 Å². The molecule has 5 aromatic rings. The monoisotopic (exact) mass is 631 g/mol. The molecule has 1 aromatic carbocycles. The van der Waals surface area contributed by atoms with Gasteiger partial charge in [-0.15, -0.1) is 0 Å². The summed E-state index contributed by atoms with van der Waals surface area (Å²) in [7, 11) is -1.57. The molecule has 5 heterocycles. The number of hydrogen-bond donors (Lipinski definition) is 1. The molecule has 1 aliphatic rings. The Kier molecular flexibility index (Phi) is 8.08. The van der Waals surface area contributed by atoms with Crippen molar-refractivity contribution < 1.29 is 13.0 Å². The predicted molar refractivity (Wildman–Crippen MR) is 171 cm³/mol. The maximum atomic E-state index is 15.1. The van der Waals surface area contributed by atoms with E-state index in [1.165, 1.54) is 12.1 Å². The fourth-order valence-corrected chi connectivity index (χ4v) is 6.23. The van der Waals surface area contributed by atoms with Crippen molar-refractivity contribution in [1.29, 1.82) is 0 Å². The molecular weight excluding hydrogens is 596 g/mol. The van der Waals surface area contributed by atoms with E-state index in [1.54, 1.807) is 25.6 Å². The molecule has 0 saturated carbocycles. The number of aromatic nitrogens is 7. The number of nitrogens with zero attached hydrogens (tertiary/aromatic N) is 8. The fourth-order valence-electron chi connectivity index (χ4n) is 5.32. The summed E-state index contributed by atoms with van der Waals surface area (Å²) in [6, 6.07) is 5.45. The Morgan fingerprint density at radius 1 is 0.978 bits per heavy atom. The standard InChI is InChI=1S/C32H35F2N9OS/c1-6-42-18-23(15-38-42)22-13-28-30(37-20-39-43(28)19-22)41-11-9-21(10-12-41)29-35-16-24(17-36-29)32(5,40-45(44)31(2,3)4)26-8-7-25(33)14-27(26)34/h7-9,13-20,40H,6,10-12H2,1-5H3/t32-,45?/m0/s1. The second-order valence-electron chi connectivity index (χ2n) is 12.2. The van der Waals surface area contributed by atoms with Crippen LogP contribution in [0.5, 0.6) is 0 Å². The van der Waals surface area contributed by atoms with Gasteiger partial charge in [-0.1, -0.05) is 12.1 Å². The highest BCUT2D eigenvalue weighted by atomic mass is 32.2. The number of anilines is 1. The number of fused-ring (bicyclic) bond motifs is 1. The van der Waals surface area contributed by atoms with Gasteiger partial charge in [-0.05, 0) is 58.7 Å². The lowest BCUT2D eigenvalue weighted by atomic mass is 9.87. The van der Waals surface area contributed by atoms with Gasteiger partial charge in [0, 0.05) is 72.7 Å². The van der Waals surface area contributed by atoms with Gasteiger partial charge in [0.1, 0.15) is 23.5 Å². The average molecular weight is 632 g/mol. The molecule has 1 aliphatic heterocycles. The van der Waals surface area contributed by atoms with Gasteiger partial charge >= 0.3 is 0 Å². The first-order valence-electron chi connectivity index (χ1n) is 14.7. The van der Waals surface area contributed by atoms with Crippen LogP contribution >= 0.6 is 0 Å². The normalized spacial score (nSPS) is 16.1. The summed E-state index contributed by atoms with van der Waals surface area (Å²) in [5.41, 5.74) is 3.29. The molecule has 6 rings (SSSR count). The number of aryl methyl sites for hydroxylation is 1. The van der Waals surface area contributed by atoms with E-state index in [0.29, 0.717) is 30.9 Å². The van der Waals surface area contributed by atoms with E-state index in [2.05, 4.69) is 53.8 Å². The molecule has 45 heavy (non-hydrogen) atoms. The van der Waals surface area contributed by atoms with Gasteiger partial charge in [-0.25, -0.2) is 37.2 Å². The second-order valence-corrected chi connectivity index (χ2v) is 14.1. The fraction of sp³-hybridized carbons (Fsp3) is 0.344. The molecule has 10 nitrogen and oxygen atoms in total. The van der Waals surface area contributed by atoms with Crippen molar-refractivity contribution in [2.24, 2.45) is 0 Å². The zero-order chi connectivity index (χ0) is 31.9. The maximum absolute atomic E-state index is 15.1. The highest BCUT2D eigenvalue weighted by molar-refractivity contribution is 7.84. The molecule has 13 heteroatoms. The Labute approximate surface area is 262 Å². The van der Waals surface area contributed by atoms with E-state index in [1.807, 2.05) is 48.6 Å². The van der Waals surface area contributed by atoms with Gasteiger partial charge in [-0.3, -0.25) is 4.68 Å². The average Bonchev–Trinajstić information content (AvgIpc) is 3.68. The third-order valence-electron chi connectivity index (χ3n) is 8.02. The van der Waals surface area contributed by atoms with Crippen molar-refractivity contribution in [3.05, 3.63) is 96.2 Å². The first-order chi connectivity index (χ1) is 21.5. The van der Waals surface area contributed by atoms with Crippen molar-refractivity contribution in [2.75, 3.05) is 18.0 Å². The summed E-state index contributed by atoms with van der Waals surface area (Å²) in [5, 5.41) is 8.80. The van der Waals surface area contributed by atoms with E-state index in [0.717, 1.165) is 40.6 Å². The van der Waals surface area contributed by atoms with Crippen LogP contribution in [0.25, 0.3) is 22.2 Å². The van der Waals surface area contributed by atoms with Crippen LogP contribution in [-0.4, -0.2) is 56.4 Å². The molecule has 0 bridgehead atoms. The van der Waals surface area contributed by atoms with Gasteiger partial charge in [-0.2, -0.15) is 10.2 Å². The first-order valence-corrected chi connectivity index (χ1v) is 15.9. The minimum atomic E-state index is -1.57. The quantitative estimate of drug-likeness (QED) is 0.248. The summed E-state index contributed by atoms with van der Waals surface area (Å²) in [6.45, 7) is 11.3. The van der Waals surface area contributed by atoms with Gasteiger partial charge < -0.3 is 4.90 Å². The Morgan fingerprint density at radius 2 is 1.76 bits per heavy atom. The van der Waals surface area contributed by atoms with Crippen LogP contribution in [0.4, 0.5) is 14.6 Å². The molecule has 0 saturated heterocycles. The topological polar surface area (TPSA) is 106 Å². The molecule has 0 fully saturated rings. The Hall–Kier alpha value is -4.36. The Bertz CT molecular complexity index is 1910. The number of rotatable bonds is 8. The van der Waals surface area contributed by atoms with Crippen molar-refractivity contribution >= 4 is 27.9 Å². The second kappa shape index (κ2) is 11.9. The van der Waals surface area contributed by atoms with Crippen molar-refractivity contribution in [2.45, 2.75) is 57.9 Å². The minimum Gasteiger partial charge on any atom is -0.351 e. The molecular formula is C32H35F2N9OS. The van der Waals surface area contributed by atoms with Crippen LogP contribution in [0.15, 0.2) is 67.7 Å². The Morgan fingerprint density at radius 3 is 2.40 bits per heavy atom. The summed E-state index contributed by atoms with van der Waals surface area (Å²) in [6.07, 6.45) is 13.4. The van der Waals surface area contributed by atoms with Gasteiger partial charge in [0.25, 0.3) is 0 Å². The minimum absolute atomic E-state index is 0.147. The van der Waals surface area contributed by atoms with Crippen molar-refractivity contribution in [3.8, 4) is 11.1 Å². The third-order valence-corrected chi connectivity index (χ3v) is 9.73. The van der Waals surface area contributed by atoms with E-state index < -0.39 is 32.9 Å². The lowest BCUT2D eigenvalue weighted by molar-refractivity contribution is 0.479. The third kappa shape index (κ3) is 6.01. The van der Waals surface area contributed by atoms with Crippen molar-refractivity contribution in [3.63, 3.8) is 0 Å². The lowest BCUT2D eigenvalue weighted by Gasteiger charge is -2.34. The van der Waals surface area contributed by atoms with E-state index >= 15 is 4.39 Å². The smallest absolute Gasteiger partial charge is 0.156 e.